The first-order valence-corrected chi connectivity index (χ1v) is 10.9. The van der Waals surface area contributed by atoms with E-state index in [1.165, 1.54) is 20.4 Å². The fourth-order valence-electron chi connectivity index (χ4n) is 2.82. The number of anilines is 1. The Hall–Kier alpha value is -3.60. The van der Waals surface area contributed by atoms with Gasteiger partial charge in [0, 0.05) is 9.13 Å². The predicted molar refractivity (Wildman–Crippen MR) is 134 cm³/mol. The fourth-order valence-corrected chi connectivity index (χ4v) is 3.36. The lowest BCUT2D eigenvalue weighted by atomic mass is 10.2. The Morgan fingerprint density at radius 2 is 1.73 bits per heavy atom. The van der Waals surface area contributed by atoms with Gasteiger partial charge in [-0.1, -0.05) is 18.2 Å². The van der Waals surface area contributed by atoms with Crippen molar-refractivity contribution in [2.24, 2.45) is 5.10 Å². The summed E-state index contributed by atoms with van der Waals surface area (Å²) in [5, 5.41) is 6.74. The molecule has 3 aromatic rings. The second-order valence-electron chi connectivity index (χ2n) is 6.66. The molecule has 3 aromatic carbocycles. The molecule has 2 amide bonds. The van der Waals surface area contributed by atoms with Crippen molar-refractivity contribution < 1.29 is 23.8 Å². The van der Waals surface area contributed by atoms with Crippen molar-refractivity contribution in [3.05, 3.63) is 81.4 Å². The van der Waals surface area contributed by atoms with Crippen LogP contribution in [0.1, 0.15) is 15.9 Å². The van der Waals surface area contributed by atoms with Crippen LogP contribution in [0.2, 0.25) is 0 Å². The van der Waals surface area contributed by atoms with Crippen molar-refractivity contribution in [1.82, 2.24) is 5.43 Å². The molecule has 0 aliphatic carbocycles. The van der Waals surface area contributed by atoms with Crippen LogP contribution in [-0.2, 0) is 4.79 Å². The molecule has 0 bridgehead atoms. The van der Waals surface area contributed by atoms with Crippen molar-refractivity contribution in [1.29, 1.82) is 0 Å². The van der Waals surface area contributed by atoms with Crippen LogP contribution in [0.4, 0.5) is 5.69 Å². The average Bonchev–Trinajstić information content (AvgIpc) is 2.83. The van der Waals surface area contributed by atoms with Crippen molar-refractivity contribution in [2.45, 2.75) is 0 Å². The molecule has 2 N–H and O–H groups in total. The molecular weight excluding hydrogens is 537 g/mol. The zero-order valence-corrected chi connectivity index (χ0v) is 20.2. The minimum atomic E-state index is -0.342. The number of rotatable bonds is 9. The maximum atomic E-state index is 12.3. The summed E-state index contributed by atoms with van der Waals surface area (Å²) in [6.07, 6.45) is 1.49. The molecule has 8 nitrogen and oxygen atoms in total. The number of methoxy groups -OCH3 is 2. The van der Waals surface area contributed by atoms with Gasteiger partial charge in [-0.25, -0.2) is 5.43 Å². The lowest BCUT2D eigenvalue weighted by Crippen LogP contribution is -2.20. The third-order valence-corrected chi connectivity index (χ3v) is 5.07. The molecule has 0 aliphatic heterocycles. The molecule has 0 atom stereocenters. The molecule has 33 heavy (non-hydrogen) atoms. The summed E-state index contributed by atoms with van der Waals surface area (Å²) in [7, 11) is 3.03. The van der Waals surface area contributed by atoms with Crippen LogP contribution in [-0.4, -0.2) is 38.9 Å². The third-order valence-electron chi connectivity index (χ3n) is 4.39. The molecule has 170 valence electrons. The summed E-state index contributed by atoms with van der Waals surface area (Å²) in [5.41, 5.74) is 4.25. The highest BCUT2D eigenvalue weighted by molar-refractivity contribution is 14.1. The van der Waals surface area contributed by atoms with Gasteiger partial charge >= 0.3 is 0 Å². The van der Waals surface area contributed by atoms with Gasteiger partial charge in [-0.15, -0.1) is 0 Å². The number of nitrogens with zero attached hydrogens (tertiary/aromatic N) is 1. The van der Waals surface area contributed by atoms with E-state index in [-0.39, 0.29) is 18.4 Å². The number of carbonyl (C=O) groups is 2. The number of hydrazone groups is 1. The maximum Gasteiger partial charge on any atom is 0.271 e. The van der Waals surface area contributed by atoms with Gasteiger partial charge in [0.2, 0.25) is 0 Å². The zero-order chi connectivity index (χ0) is 23.6. The summed E-state index contributed by atoms with van der Waals surface area (Å²) in [4.78, 5) is 24.4. The van der Waals surface area contributed by atoms with Crippen molar-refractivity contribution in [3.63, 3.8) is 0 Å². The Morgan fingerprint density at radius 3 is 2.48 bits per heavy atom. The van der Waals surface area contributed by atoms with E-state index in [0.717, 1.165) is 3.57 Å². The molecule has 0 heterocycles. The van der Waals surface area contributed by atoms with Crippen LogP contribution in [0.15, 0.2) is 71.8 Å². The van der Waals surface area contributed by atoms with Gasteiger partial charge in [0.1, 0.15) is 5.75 Å². The van der Waals surface area contributed by atoms with Crippen LogP contribution in [0.5, 0.6) is 17.2 Å². The van der Waals surface area contributed by atoms with Crippen molar-refractivity contribution in [3.8, 4) is 17.2 Å². The Morgan fingerprint density at radius 1 is 0.939 bits per heavy atom. The SMILES string of the molecule is COc1ccccc1NC(=O)COc1ccc(/C=N\NC(=O)c2cccc(I)c2)cc1OC. The molecule has 0 unspecified atom stereocenters. The third kappa shape index (κ3) is 6.94. The van der Waals surface area contributed by atoms with Crippen LogP contribution < -0.4 is 25.0 Å². The topological polar surface area (TPSA) is 98.3 Å². The van der Waals surface area contributed by atoms with E-state index in [2.05, 4.69) is 38.4 Å². The molecule has 0 spiro atoms. The van der Waals surface area contributed by atoms with Crippen LogP contribution in [0.3, 0.4) is 0 Å². The molecule has 9 heteroatoms. The summed E-state index contributed by atoms with van der Waals surface area (Å²) in [6.45, 7) is -0.215. The second kappa shape index (κ2) is 11.9. The van der Waals surface area contributed by atoms with Crippen molar-refractivity contribution >= 4 is 46.3 Å². The van der Waals surface area contributed by atoms with E-state index < -0.39 is 0 Å². The first-order valence-electron chi connectivity index (χ1n) is 9.83. The molecule has 3 rings (SSSR count). The summed E-state index contributed by atoms with van der Waals surface area (Å²) in [6, 6.07) is 19.4. The highest BCUT2D eigenvalue weighted by Gasteiger charge is 2.11. The first kappa shape index (κ1) is 24.1. The number of hydrogen-bond donors (Lipinski definition) is 2. The number of halogens is 1. The maximum absolute atomic E-state index is 12.3. The standard InChI is InChI=1S/C24H22IN3O5/c1-31-20-9-4-3-8-19(20)27-23(29)15-33-21-11-10-16(12-22(21)32-2)14-26-28-24(30)17-6-5-7-18(25)13-17/h3-14H,15H2,1-2H3,(H,27,29)(H,28,30)/b26-14-. The minimum Gasteiger partial charge on any atom is -0.495 e. The number of para-hydroxylation sites is 2. The van der Waals surface area contributed by atoms with Gasteiger partial charge in [-0.05, 0) is 76.7 Å². The summed E-state index contributed by atoms with van der Waals surface area (Å²) >= 11 is 2.14. The normalized spacial score (nSPS) is 10.5. The first-order chi connectivity index (χ1) is 16.0. The lowest BCUT2D eigenvalue weighted by molar-refractivity contribution is -0.118. The monoisotopic (exact) mass is 559 g/mol. The molecule has 0 saturated heterocycles. The second-order valence-corrected chi connectivity index (χ2v) is 7.90. The number of nitrogens with one attached hydrogen (secondary N) is 2. The Balaban J connectivity index is 1.58. The van der Waals surface area contributed by atoms with Gasteiger partial charge in [0.25, 0.3) is 11.8 Å². The van der Waals surface area contributed by atoms with E-state index in [0.29, 0.717) is 34.1 Å². The fraction of sp³-hybridized carbons (Fsp3) is 0.125. The number of amides is 2. The highest BCUT2D eigenvalue weighted by atomic mass is 127. The highest BCUT2D eigenvalue weighted by Crippen LogP contribution is 2.28. The van der Waals surface area contributed by atoms with Crippen molar-refractivity contribution in [2.75, 3.05) is 26.1 Å². The Labute approximate surface area is 205 Å². The average molecular weight is 559 g/mol. The largest absolute Gasteiger partial charge is 0.495 e. The van der Waals surface area contributed by atoms with E-state index in [9.17, 15) is 9.59 Å². The number of hydrogen-bond acceptors (Lipinski definition) is 6. The molecule has 0 aliphatic rings. The number of carbonyl (C=O) groups excluding carboxylic acids is 2. The van der Waals surface area contributed by atoms with E-state index >= 15 is 0 Å². The molecule has 0 saturated carbocycles. The Bertz CT molecular complexity index is 1170. The Kier molecular flexibility index (Phi) is 8.64. The van der Waals surface area contributed by atoms with Gasteiger partial charge in [0.05, 0.1) is 26.1 Å². The van der Waals surface area contributed by atoms with Gasteiger partial charge in [-0.2, -0.15) is 5.10 Å². The van der Waals surface area contributed by atoms with Crippen LogP contribution in [0, 0.1) is 3.57 Å². The summed E-state index contributed by atoms with van der Waals surface area (Å²) in [5.74, 6) is 0.727. The molecule has 0 radical (unpaired) electrons. The number of benzene rings is 3. The quantitative estimate of drug-likeness (QED) is 0.234. The van der Waals surface area contributed by atoms with E-state index in [1.807, 2.05) is 12.1 Å². The zero-order valence-electron chi connectivity index (χ0n) is 18.0. The van der Waals surface area contributed by atoms with Gasteiger partial charge in [0.15, 0.2) is 18.1 Å². The van der Waals surface area contributed by atoms with E-state index in [1.54, 1.807) is 54.6 Å². The molecule has 0 aromatic heterocycles. The van der Waals surface area contributed by atoms with E-state index in [4.69, 9.17) is 14.2 Å². The van der Waals surface area contributed by atoms with Crippen LogP contribution in [0.25, 0.3) is 0 Å². The minimum absolute atomic E-state index is 0.215. The smallest absolute Gasteiger partial charge is 0.271 e. The summed E-state index contributed by atoms with van der Waals surface area (Å²) < 4.78 is 17.1. The van der Waals surface area contributed by atoms with Gasteiger partial charge in [-0.3, -0.25) is 9.59 Å². The molecule has 0 fully saturated rings. The predicted octanol–water partition coefficient (Wildman–Crippen LogP) is 4.09. The van der Waals surface area contributed by atoms with Crippen LogP contribution >= 0.6 is 22.6 Å². The molecular formula is C24H22IN3O5. The lowest BCUT2D eigenvalue weighted by Gasteiger charge is -2.12. The van der Waals surface area contributed by atoms with Gasteiger partial charge < -0.3 is 19.5 Å². The number of ether oxygens (including phenoxy) is 3.